The molecule has 30 heavy (non-hydrogen) atoms. The summed E-state index contributed by atoms with van der Waals surface area (Å²) in [5, 5.41) is 0.844. The molecule has 7 nitrogen and oxygen atoms in total. The molecule has 3 aromatic rings. The summed E-state index contributed by atoms with van der Waals surface area (Å²) in [4.78, 5) is 34.6. The first kappa shape index (κ1) is 20.2. The van der Waals surface area contributed by atoms with Crippen LogP contribution in [0.2, 0.25) is 5.02 Å². The van der Waals surface area contributed by atoms with Crippen LogP contribution in [0, 0.1) is 0 Å². The molecule has 0 bridgehead atoms. The molecule has 1 amide bonds. The third-order valence-corrected chi connectivity index (χ3v) is 5.20. The number of H-pyrrole nitrogens is 1. The summed E-state index contributed by atoms with van der Waals surface area (Å²) in [7, 11) is 0. The average Bonchev–Trinajstić information content (AvgIpc) is 2.97. The maximum Gasteiger partial charge on any atom is 0.258 e. The van der Waals surface area contributed by atoms with Gasteiger partial charge >= 0.3 is 0 Å². The highest BCUT2D eigenvalue weighted by Gasteiger charge is 2.24. The van der Waals surface area contributed by atoms with Crippen LogP contribution in [0.4, 0.5) is 0 Å². The van der Waals surface area contributed by atoms with Gasteiger partial charge in [-0.1, -0.05) is 23.7 Å². The van der Waals surface area contributed by atoms with Gasteiger partial charge < -0.3 is 19.4 Å². The lowest BCUT2D eigenvalue weighted by molar-refractivity contribution is 0.0684. The topological polar surface area (TPSA) is 84.5 Å². The minimum atomic E-state index is -0.238. The summed E-state index contributed by atoms with van der Waals surface area (Å²) in [5.74, 6) is 1.10. The number of carbonyl (C=O) groups excluding carboxylic acids is 1. The van der Waals surface area contributed by atoms with Gasteiger partial charge in [0, 0.05) is 18.0 Å². The molecule has 1 aliphatic heterocycles. The number of fused-ring (bicyclic) bond motifs is 2. The molecule has 1 N–H and O–H groups in total. The average molecular weight is 428 g/mol. The first-order chi connectivity index (χ1) is 14.4. The molecule has 0 saturated carbocycles. The zero-order valence-electron chi connectivity index (χ0n) is 16.8. The number of nitrogens with one attached hydrogen (secondary N) is 1. The second-order valence-corrected chi connectivity index (χ2v) is 7.80. The second kappa shape index (κ2) is 8.36. The van der Waals surface area contributed by atoms with Crippen LogP contribution in [0.3, 0.4) is 0 Å². The highest BCUT2D eigenvalue weighted by atomic mass is 35.5. The number of hydrogen-bond acceptors (Lipinski definition) is 5. The lowest BCUT2D eigenvalue weighted by Crippen LogP contribution is -2.37. The lowest BCUT2D eigenvalue weighted by Gasteiger charge is -2.27. The quantitative estimate of drug-likeness (QED) is 0.684. The van der Waals surface area contributed by atoms with Crippen molar-refractivity contribution < 1.29 is 14.3 Å². The van der Waals surface area contributed by atoms with Crippen LogP contribution >= 0.6 is 11.6 Å². The highest BCUT2D eigenvalue weighted by Crippen LogP contribution is 2.38. The molecule has 0 saturated heterocycles. The zero-order valence-corrected chi connectivity index (χ0v) is 17.5. The summed E-state index contributed by atoms with van der Waals surface area (Å²) in [6, 6.07) is 10.2. The number of rotatable bonds is 4. The number of halogens is 1. The lowest BCUT2D eigenvalue weighted by atomic mass is 10.1. The Bertz CT molecular complexity index is 1160. The van der Waals surface area contributed by atoms with Gasteiger partial charge in [0.1, 0.15) is 5.82 Å². The van der Waals surface area contributed by atoms with Crippen LogP contribution in [0.25, 0.3) is 10.9 Å². The van der Waals surface area contributed by atoms with Crippen LogP contribution in [-0.2, 0) is 6.54 Å². The smallest absolute Gasteiger partial charge is 0.258 e. The Morgan fingerprint density at radius 2 is 2.00 bits per heavy atom. The van der Waals surface area contributed by atoms with Gasteiger partial charge in [0.15, 0.2) is 11.5 Å². The molecule has 0 unspecified atom stereocenters. The number of amides is 1. The summed E-state index contributed by atoms with van der Waals surface area (Å²) in [6.07, 6.45) is 0.743. The van der Waals surface area contributed by atoms with Crippen molar-refractivity contribution in [2.24, 2.45) is 0 Å². The zero-order chi connectivity index (χ0) is 21.3. The van der Waals surface area contributed by atoms with Crippen LogP contribution < -0.4 is 15.0 Å². The van der Waals surface area contributed by atoms with E-state index in [2.05, 4.69) is 9.97 Å². The Morgan fingerprint density at radius 3 is 2.80 bits per heavy atom. The Hall–Kier alpha value is -3.06. The fourth-order valence-electron chi connectivity index (χ4n) is 3.38. The van der Waals surface area contributed by atoms with Gasteiger partial charge in [-0.3, -0.25) is 9.59 Å². The van der Waals surface area contributed by atoms with E-state index >= 15 is 0 Å². The number of para-hydroxylation sites is 1. The monoisotopic (exact) mass is 427 g/mol. The van der Waals surface area contributed by atoms with E-state index in [0.29, 0.717) is 52.0 Å². The Kier molecular flexibility index (Phi) is 5.63. The van der Waals surface area contributed by atoms with Crippen molar-refractivity contribution in [2.45, 2.75) is 32.9 Å². The molecule has 2 aromatic carbocycles. The van der Waals surface area contributed by atoms with Crippen molar-refractivity contribution in [3.05, 3.63) is 63.2 Å². The number of ether oxygens (including phenoxy) is 2. The molecule has 4 rings (SSSR count). The van der Waals surface area contributed by atoms with Crippen molar-refractivity contribution in [1.29, 1.82) is 0 Å². The van der Waals surface area contributed by atoms with Gasteiger partial charge in [0.25, 0.3) is 11.5 Å². The molecule has 0 radical (unpaired) electrons. The summed E-state index contributed by atoms with van der Waals surface area (Å²) >= 11 is 6.36. The molecular weight excluding hydrogens is 406 g/mol. The highest BCUT2D eigenvalue weighted by molar-refractivity contribution is 6.32. The van der Waals surface area contributed by atoms with E-state index in [9.17, 15) is 9.59 Å². The minimum absolute atomic E-state index is 0.135. The van der Waals surface area contributed by atoms with E-state index in [0.717, 1.165) is 6.42 Å². The largest absolute Gasteiger partial charge is 0.489 e. The van der Waals surface area contributed by atoms with Gasteiger partial charge in [-0.2, -0.15) is 0 Å². The minimum Gasteiger partial charge on any atom is -0.489 e. The molecule has 0 fully saturated rings. The first-order valence-corrected chi connectivity index (χ1v) is 10.2. The van der Waals surface area contributed by atoms with Crippen LogP contribution in [0.1, 0.15) is 36.5 Å². The van der Waals surface area contributed by atoms with E-state index in [4.69, 9.17) is 21.1 Å². The maximum absolute atomic E-state index is 13.3. The van der Waals surface area contributed by atoms with Crippen molar-refractivity contribution in [3.63, 3.8) is 0 Å². The van der Waals surface area contributed by atoms with Gasteiger partial charge in [-0.05, 0) is 38.1 Å². The fourth-order valence-corrected chi connectivity index (χ4v) is 3.65. The molecule has 8 heteroatoms. The van der Waals surface area contributed by atoms with E-state index in [1.54, 1.807) is 35.2 Å². The van der Waals surface area contributed by atoms with Gasteiger partial charge in [-0.15, -0.1) is 0 Å². The summed E-state index contributed by atoms with van der Waals surface area (Å²) in [5.41, 5.74) is 0.748. The standard InChI is InChI=1S/C22H22ClN3O4/c1-13(2)26(12-19-24-17-7-4-3-6-15(17)21(27)25-19)22(28)14-10-16(23)20-18(11-14)29-8-5-9-30-20/h3-4,6-7,10-11,13H,5,8-9,12H2,1-2H3,(H,24,25,27). The second-order valence-electron chi connectivity index (χ2n) is 7.39. The van der Waals surface area contributed by atoms with Gasteiger partial charge in [-0.25, -0.2) is 4.98 Å². The van der Waals surface area contributed by atoms with Crippen molar-refractivity contribution in [2.75, 3.05) is 13.2 Å². The molecule has 1 aliphatic rings. The molecule has 1 aromatic heterocycles. The molecular formula is C22H22ClN3O4. The molecule has 0 spiro atoms. The predicted molar refractivity (Wildman–Crippen MR) is 114 cm³/mol. The number of hydrogen-bond donors (Lipinski definition) is 1. The first-order valence-electron chi connectivity index (χ1n) is 9.82. The third kappa shape index (κ3) is 3.98. The Labute approximate surface area is 178 Å². The van der Waals surface area contributed by atoms with Crippen molar-refractivity contribution >= 4 is 28.4 Å². The van der Waals surface area contributed by atoms with Crippen LogP contribution in [-0.4, -0.2) is 40.0 Å². The van der Waals surface area contributed by atoms with Crippen LogP contribution in [0.15, 0.2) is 41.2 Å². The molecule has 156 valence electrons. The predicted octanol–water partition coefficient (Wildman–Crippen LogP) is 3.79. The van der Waals surface area contributed by atoms with E-state index in [-0.39, 0.29) is 24.1 Å². The molecule has 2 heterocycles. The van der Waals surface area contributed by atoms with Crippen molar-refractivity contribution in [3.8, 4) is 11.5 Å². The summed E-state index contributed by atoms with van der Waals surface area (Å²) in [6.45, 7) is 4.97. The number of aromatic nitrogens is 2. The van der Waals surface area contributed by atoms with Gasteiger partial charge in [0.05, 0.1) is 35.7 Å². The van der Waals surface area contributed by atoms with Gasteiger partial charge in [0.2, 0.25) is 0 Å². The fraction of sp³-hybridized carbons (Fsp3) is 0.318. The van der Waals surface area contributed by atoms with E-state index < -0.39 is 0 Å². The number of nitrogens with zero attached hydrogens (tertiary/aromatic N) is 2. The molecule has 0 atom stereocenters. The van der Waals surface area contributed by atoms with Crippen molar-refractivity contribution in [1.82, 2.24) is 14.9 Å². The Morgan fingerprint density at radius 1 is 1.23 bits per heavy atom. The summed E-state index contributed by atoms with van der Waals surface area (Å²) < 4.78 is 11.3. The van der Waals surface area contributed by atoms with E-state index in [1.165, 1.54) is 0 Å². The Balaban J connectivity index is 1.67. The third-order valence-electron chi connectivity index (χ3n) is 4.92. The maximum atomic E-state index is 13.3. The molecule has 0 aliphatic carbocycles. The normalized spacial score (nSPS) is 13.3. The van der Waals surface area contributed by atoms with Crippen LogP contribution in [0.5, 0.6) is 11.5 Å². The number of carbonyl (C=O) groups is 1. The number of aromatic amines is 1. The van der Waals surface area contributed by atoms with E-state index in [1.807, 2.05) is 19.9 Å². The SMILES string of the molecule is CC(C)N(Cc1nc2ccccc2c(=O)[nH]1)C(=O)c1cc(Cl)c2c(c1)OCCCO2. The number of benzene rings is 2.